The second-order valence-electron chi connectivity index (χ2n) is 5.28. The van der Waals surface area contributed by atoms with Crippen molar-refractivity contribution in [2.75, 3.05) is 6.54 Å². The maximum atomic E-state index is 13.1. The third-order valence-corrected chi connectivity index (χ3v) is 4.06. The summed E-state index contributed by atoms with van der Waals surface area (Å²) in [5, 5.41) is 3.54. The highest BCUT2D eigenvalue weighted by Crippen LogP contribution is 2.40. The normalized spacial score (nSPS) is 18.8. The molecule has 1 aromatic heterocycles. The Kier molecular flexibility index (Phi) is 3.79. The summed E-state index contributed by atoms with van der Waals surface area (Å²) >= 11 is 0. The van der Waals surface area contributed by atoms with E-state index in [0.717, 1.165) is 24.9 Å². The van der Waals surface area contributed by atoms with Crippen LogP contribution in [0.15, 0.2) is 42.6 Å². The molecule has 2 aromatic rings. The minimum atomic E-state index is -0.186. The van der Waals surface area contributed by atoms with Gasteiger partial charge < -0.3 is 5.32 Å². The van der Waals surface area contributed by atoms with E-state index in [2.05, 4.69) is 23.3 Å². The van der Waals surface area contributed by atoms with E-state index in [0.29, 0.717) is 5.92 Å². The fraction of sp³-hybridized carbons (Fsp3) is 0.353. The number of nitrogens with zero attached hydrogens (tertiary/aromatic N) is 1. The summed E-state index contributed by atoms with van der Waals surface area (Å²) < 4.78 is 13.1. The molecule has 1 aliphatic carbocycles. The van der Waals surface area contributed by atoms with Gasteiger partial charge >= 0.3 is 0 Å². The van der Waals surface area contributed by atoms with E-state index >= 15 is 0 Å². The van der Waals surface area contributed by atoms with Gasteiger partial charge in [0.2, 0.25) is 0 Å². The van der Waals surface area contributed by atoms with Gasteiger partial charge in [-0.15, -0.1) is 0 Å². The molecule has 0 spiro atoms. The van der Waals surface area contributed by atoms with Crippen LogP contribution in [0.5, 0.6) is 0 Å². The van der Waals surface area contributed by atoms with Crippen LogP contribution in [0.2, 0.25) is 0 Å². The van der Waals surface area contributed by atoms with Crippen molar-refractivity contribution in [3.63, 3.8) is 0 Å². The average molecular weight is 270 g/mol. The zero-order valence-electron chi connectivity index (χ0n) is 11.6. The number of likely N-dealkylation sites (N-methyl/N-ethyl adjacent to an activating group) is 1. The molecule has 1 heterocycles. The highest BCUT2D eigenvalue weighted by Gasteiger charge is 2.31. The van der Waals surface area contributed by atoms with Crippen molar-refractivity contribution in [1.82, 2.24) is 10.3 Å². The van der Waals surface area contributed by atoms with E-state index in [1.54, 1.807) is 0 Å². The van der Waals surface area contributed by atoms with Gasteiger partial charge in [0, 0.05) is 23.9 Å². The molecule has 3 heteroatoms. The molecule has 1 aromatic carbocycles. The van der Waals surface area contributed by atoms with Crippen LogP contribution in [0.4, 0.5) is 4.39 Å². The minimum Gasteiger partial charge on any atom is -0.310 e. The molecule has 0 saturated carbocycles. The van der Waals surface area contributed by atoms with E-state index in [-0.39, 0.29) is 11.9 Å². The third-order valence-electron chi connectivity index (χ3n) is 4.06. The number of rotatable bonds is 4. The minimum absolute atomic E-state index is 0.186. The topological polar surface area (TPSA) is 24.9 Å². The molecule has 0 aliphatic heterocycles. The molecule has 0 amide bonds. The van der Waals surface area contributed by atoms with Crippen molar-refractivity contribution < 1.29 is 4.39 Å². The van der Waals surface area contributed by atoms with Gasteiger partial charge in [0.15, 0.2) is 0 Å². The molecule has 2 nitrogen and oxygen atoms in total. The summed E-state index contributed by atoms with van der Waals surface area (Å²) in [4.78, 5) is 4.57. The first-order valence-corrected chi connectivity index (χ1v) is 7.22. The van der Waals surface area contributed by atoms with E-state index in [9.17, 15) is 4.39 Å². The molecule has 0 bridgehead atoms. The Morgan fingerprint density at radius 2 is 2.10 bits per heavy atom. The van der Waals surface area contributed by atoms with Crippen LogP contribution in [0.1, 0.15) is 42.1 Å². The first-order chi connectivity index (χ1) is 9.79. The molecule has 20 heavy (non-hydrogen) atoms. The number of fused-ring (bicyclic) bond motifs is 1. The number of pyridine rings is 1. The van der Waals surface area contributed by atoms with Crippen molar-refractivity contribution in [2.45, 2.75) is 31.7 Å². The van der Waals surface area contributed by atoms with Crippen molar-refractivity contribution in [3.8, 4) is 0 Å². The monoisotopic (exact) mass is 270 g/mol. The lowest BCUT2D eigenvalue weighted by Gasteiger charge is -2.25. The number of aromatic nitrogens is 1. The fourth-order valence-electron chi connectivity index (χ4n) is 3.15. The molecule has 0 saturated heterocycles. The summed E-state index contributed by atoms with van der Waals surface area (Å²) in [7, 11) is 0. The lowest BCUT2D eigenvalue weighted by atomic mass is 9.90. The zero-order valence-corrected chi connectivity index (χ0v) is 11.6. The molecule has 104 valence electrons. The predicted octanol–water partition coefficient (Wildman–Crippen LogP) is 3.60. The fourth-order valence-corrected chi connectivity index (χ4v) is 3.15. The molecular formula is C17H19FN2. The Hall–Kier alpha value is -1.74. The second kappa shape index (κ2) is 5.71. The number of hydrogen-bond donors (Lipinski definition) is 1. The Morgan fingerprint density at radius 1 is 1.30 bits per heavy atom. The number of hydrogen-bond acceptors (Lipinski definition) is 2. The molecule has 2 unspecified atom stereocenters. The van der Waals surface area contributed by atoms with Crippen molar-refractivity contribution >= 4 is 0 Å². The van der Waals surface area contributed by atoms with E-state index in [4.69, 9.17) is 0 Å². The summed E-state index contributed by atoms with van der Waals surface area (Å²) in [6.07, 6.45) is 4.04. The van der Waals surface area contributed by atoms with E-state index in [1.807, 2.05) is 24.4 Å². The lowest BCUT2D eigenvalue weighted by molar-refractivity contribution is 0.446. The van der Waals surface area contributed by atoms with Crippen LogP contribution >= 0.6 is 0 Å². The van der Waals surface area contributed by atoms with Crippen molar-refractivity contribution in [2.24, 2.45) is 0 Å². The van der Waals surface area contributed by atoms with Gasteiger partial charge in [-0.1, -0.05) is 25.1 Å². The third kappa shape index (κ3) is 2.46. The summed E-state index contributed by atoms with van der Waals surface area (Å²) in [5.74, 6) is 0.186. The zero-order chi connectivity index (χ0) is 13.9. The van der Waals surface area contributed by atoms with Crippen LogP contribution in [-0.4, -0.2) is 11.5 Å². The summed E-state index contributed by atoms with van der Waals surface area (Å²) in [6, 6.07) is 11.2. The quantitative estimate of drug-likeness (QED) is 0.918. The van der Waals surface area contributed by atoms with Crippen LogP contribution in [0.3, 0.4) is 0 Å². The number of nitrogens with one attached hydrogen (secondary N) is 1. The lowest BCUT2D eigenvalue weighted by Crippen LogP contribution is -2.26. The molecule has 1 N–H and O–H groups in total. The van der Waals surface area contributed by atoms with Crippen molar-refractivity contribution in [3.05, 3.63) is 65.2 Å². The van der Waals surface area contributed by atoms with Crippen LogP contribution in [-0.2, 0) is 6.42 Å². The Balaban J connectivity index is 1.94. The maximum Gasteiger partial charge on any atom is 0.123 e. The van der Waals surface area contributed by atoms with Crippen molar-refractivity contribution in [1.29, 1.82) is 0 Å². The Morgan fingerprint density at radius 3 is 2.85 bits per heavy atom. The molecule has 3 rings (SSSR count). The molecule has 0 fully saturated rings. The van der Waals surface area contributed by atoms with Gasteiger partial charge in [0.1, 0.15) is 5.82 Å². The van der Waals surface area contributed by atoms with Gasteiger partial charge in [-0.25, -0.2) is 4.39 Å². The largest absolute Gasteiger partial charge is 0.310 e. The number of halogens is 1. The van der Waals surface area contributed by atoms with E-state index < -0.39 is 0 Å². The van der Waals surface area contributed by atoms with E-state index in [1.165, 1.54) is 23.4 Å². The van der Waals surface area contributed by atoms with Crippen LogP contribution in [0.25, 0.3) is 0 Å². The Labute approximate surface area is 119 Å². The van der Waals surface area contributed by atoms with Gasteiger partial charge in [0.25, 0.3) is 0 Å². The van der Waals surface area contributed by atoms with Crippen LogP contribution in [0, 0.1) is 5.82 Å². The smallest absolute Gasteiger partial charge is 0.123 e. The van der Waals surface area contributed by atoms with Gasteiger partial charge in [-0.3, -0.25) is 4.98 Å². The van der Waals surface area contributed by atoms with Crippen LogP contribution < -0.4 is 5.32 Å². The summed E-state index contributed by atoms with van der Waals surface area (Å²) in [5.41, 5.74) is 3.68. The first kappa shape index (κ1) is 13.3. The maximum absolute atomic E-state index is 13.1. The number of aryl methyl sites for hydroxylation is 1. The van der Waals surface area contributed by atoms with Gasteiger partial charge in [-0.2, -0.15) is 0 Å². The average Bonchev–Trinajstić information content (AvgIpc) is 2.90. The SMILES string of the molecule is CCNC(c1ccc(F)cc1)C1CCc2cccnc21. The Bertz CT molecular complexity index is 580. The molecule has 2 atom stereocenters. The first-order valence-electron chi connectivity index (χ1n) is 7.22. The molecule has 0 radical (unpaired) electrons. The molecule has 1 aliphatic rings. The highest BCUT2D eigenvalue weighted by molar-refractivity contribution is 5.33. The highest BCUT2D eigenvalue weighted by atomic mass is 19.1. The summed E-state index contributed by atoms with van der Waals surface area (Å²) in [6.45, 7) is 2.99. The molecular weight excluding hydrogens is 251 g/mol. The standard InChI is InChI=1S/C17H19FN2/c1-2-19-16(13-5-8-14(18)9-6-13)15-10-7-12-4-3-11-20-17(12)15/h3-6,8-9,11,15-16,19H,2,7,10H2,1H3. The second-order valence-corrected chi connectivity index (χ2v) is 5.28. The predicted molar refractivity (Wildman–Crippen MR) is 78.1 cm³/mol. The van der Waals surface area contributed by atoms with Gasteiger partial charge in [-0.05, 0) is 48.7 Å². The van der Waals surface area contributed by atoms with Gasteiger partial charge in [0.05, 0.1) is 0 Å². The number of benzene rings is 1.